The molecule has 3 rings (SSSR count). The van der Waals surface area contributed by atoms with Gasteiger partial charge in [0.25, 0.3) is 0 Å². The molecule has 2 bridgehead atoms. The summed E-state index contributed by atoms with van der Waals surface area (Å²) < 4.78 is 6.27. The molecule has 1 aromatic rings. The molecule has 3 unspecified atom stereocenters. The maximum atomic E-state index is 6.27. The first-order valence-electron chi connectivity index (χ1n) is 7.73. The van der Waals surface area contributed by atoms with E-state index >= 15 is 0 Å². The molecule has 0 amide bonds. The Morgan fingerprint density at radius 3 is 2.70 bits per heavy atom. The van der Waals surface area contributed by atoms with Crippen LogP contribution in [0.5, 0.6) is 5.88 Å². The van der Waals surface area contributed by atoms with Crippen LogP contribution in [-0.4, -0.2) is 11.1 Å². The number of nitrogens with zero attached hydrogens (tertiary/aromatic N) is 1. The zero-order chi connectivity index (χ0) is 14.5. The van der Waals surface area contributed by atoms with E-state index in [9.17, 15) is 0 Å². The zero-order valence-corrected chi connectivity index (χ0v) is 13.0. The lowest BCUT2D eigenvalue weighted by atomic mass is 9.70. The topological polar surface area (TPSA) is 48.1 Å². The number of aromatic nitrogens is 1. The lowest BCUT2D eigenvalue weighted by Gasteiger charge is -2.38. The van der Waals surface area contributed by atoms with Crippen molar-refractivity contribution >= 4 is 0 Å². The molecule has 0 radical (unpaired) electrons. The fourth-order valence-electron chi connectivity index (χ4n) is 4.23. The van der Waals surface area contributed by atoms with E-state index in [-0.39, 0.29) is 17.6 Å². The van der Waals surface area contributed by atoms with Crippen LogP contribution in [0.3, 0.4) is 0 Å². The Morgan fingerprint density at radius 1 is 1.40 bits per heavy atom. The smallest absolute Gasteiger partial charge is 0.213 e. The number of pyridine rings is 1. The maximum Gasteiger partial charge on any atom is 0.213 e. The summed E-state index contributed by atoms with van der Waals surface area (Å²) in [6.07, 6.45) is 5.86. The van der Waals surface area contributed by atoms with Crippen LogP contribution in [0.2, 0.25) is 0 Å². The van der Waals surface area contributed by atoms with E-state index < -0.39 is 0 Å². The Labute approximate surface area is 121 Å². The lowest BCUT2D eigenvalue weighted by Crippen LogP contribution is -2.39. The van der Waals surface area contributed by atoms with Crippen molar-refractivity contribution in [3.8, 4) is 5.88 Å². The van der Waals surface area contributed by atoms with Crippen LogP contribution in [0.15, 0.2) is 18.3 Å². The van der Waals surface area contributed by atoms with Crippen molar-refractivity contribution in [1.82, 2.24) is 4.98 Å². The van der Waals surface area contributed by atoms with Crippen LogP contribution in [-0.2, 0) is 0 Å². The van der Waals surface area contributed by atoms with E-state index in [1.165, 1.54) is 12.8 Å². The summed E-state index contributed by atoms with van der Waals surface area (Å²) in [5.41, 5.74) is 7.66. The first-order chi connectivity index (χ1) is 9.34. The molecule has 0 aromatic carbocycles. The molecule has 1 heterocycles. The number of hydrogen-bond acceptors (Lipinski definition) is 3. The van der Waals surface area contributed by atoms with Gasteiger partial charge in [0.15, 0.2) is 0 Å². The molecule has 0 aliphatic heterocycles. The van der Waals surface area contributed by atoms with E-state index in [0.717, 1.165) is 23.8 Å². The average Bonchev–Trinajstić information content (AvgIpc) is 2.72. The normalized spacial score (nSPS) is 36.0. The molecular weight excluding hydrogens is 248 g/mol. The largest absolute Gasteiger partial charge is 0.474 e. The monoisotopic (exact) mass is 274 g/mol. The predicted octanol–water partition coefficient (Wildman–Crippen LogP) is 3.69. The summed E-state index contributed by atoms with van der Waals surface area (Å²) in [4.78, 5) is 4.37. The van der Waals surface area contributed by atoms with Gasteiger partial charge < -0.3 is 10.5 Å². The Balaban J connectivity index is 1.81. The third-order valence-electron chi connectivity index (χ3n) is 6.26. The summed E-state index contributed by atoms with van der Waals surface area (Å²) in [6.45, 7) is 9.18. The Bertz CT molecular complexity index is 511. The van der Waals surface area contributed by atoms with Crippen molar-refractivity contribution in [2.45, 2.75) is 59.1 Å². The number of rotatable bonds is 3. The molecule has 0 saturated heterocycles. The SMILES string of the molecule is C[C@@H](N)c1ccnc(OC2CC3CCC2(C)C3(C)C)c1. The third-order valence-corrected chi connectivity index (χ3v) is 6.26. The number of ether oxygens (including phenoxy) is 1. The molecule has 1 aromatic heterocycles. The summed E-state index contributed by atoms with van der Waals surface area (Å²) in [5.74, 6) is 1.52. The highest BCUT2D eigenvalue weighted by molar-refractivity contribution is 5.24. The van der Waals surface area contributed by atoms with Crippen LogP contribution >= 0.6 is 0 Å². The van der Waals surface area contributed by atoms with Crippen molar-refractivity contribution in [1.29, 1.82) is 0 Å². The fraction of sp³-hybridized carbons (Fsp3) is 0.706. The van der Waals surface area contributed by atoms with Crippen molar-refractivity contribution in [2.75, 3.05) is 0 Å². The number of nitrogens with two attached hydrogens (primary N) is 1. The van der Waals surface area contributed by atoms with Gasteiger partial charge in [-0.25, -0.2) is 4.98 Å². The number of fused-ring (bicyclic) bond motifs is 2. The van der Waals surface area contributed by atoms with E-state index in [2.05, 4.69) is 25.8 Å². The molecule has 2 aliphatic rings. The van der Waals surface area contributed by atoms with Gasteiger partial charge in [-0.3, -0.25) is 0 Å². The Morgan fingerprint density at radius 2 is 2.15 bits per heavy atom. The lowest BCUT2D eigenvalue weighted by molar-refractivity contribution is 0.0272. The minimum Gasteiger partial charge on any atom is -0.474 e. The third kappa shape index (κ3) is 1.86. The first kappa shape index (κ1) is 13.9. The highest BCUT2D eigenvalue weighted by Gasteiger charge is 2.62. The molecule has 0 spiro atoms. The molecule has 3 nitrogen and oxygen atoms in total. The summed E-state index contributed by atoms with van der Waals surface area (Å²) in [5, 5.41) is 0. The van der Waals surface area contributed by atoms with Gasteiger partial charge in [0, 0.05) is 23.7 Å². The standard InChI is InChI=1S/C17H26N2O/c1-11(18)12-6-8-19-15(9-12)20-14-10-13-5-7-17(14,4)16(13,2)3/h6,8-9,11,13-14H,5,7,10,18H2,1-4H3/t11-,13?,14?,17?/m1/s1. The summed E-state index contributed by atoms with van der Waals surface area (Å²) in [7, 11) is 0. The van der Waals surface area contributed by atoms with Crippen LogP contribution in [0.1, 0.15) is 58.6 Å². The van der Waals surface area contributed by atoms with Crippen LogP contribution in [0, 0.1) is 16.7 Å². The molecule has 2 aliphatic carbocycles. The number of hydrogen-bond donors (Lipinski definition) is 1. The Kier molecular flexibility index (Phi) is 3.09. The van der Waals surface area contributed by atoms with E-state index in [0.29, 0.717) is 5.41 Å². The summed E-state index contributed by atoms with van der Waals surface area (Å²) in [6, 6.07) is 3.98. The van der Waals surface area contributed by atoms with Gasteiger partial charge >= 0.3 is 0 Å². The molecule has 110 valence electrons. The molecule has 2 N–H and O–H groups in total. The van der Waals surface area contributed by atoms with E-state index in [1.807, 2.05) is 19.1 Å². The van der Waals surface area contributed by atoms with Gasteiger partial charge in [-0.1, -0.05) is 20.8 Å². The molecular formula is C17H26N2O. The van der Waals surface area contributed by atoms with Crippen LogP contribution in [0.25, 0.3) is 0 Å². The maximum absolute atomic E-state index is 6.27. The molecule has 4 atom stereocenters. The highest BCUT2D eigenvalue weighted by Crippen LogP contribution is 2.66. The molecule has 2 saturated carbocycles. The second-order valence-corrected chi connectivity index (χ2v) is 7.43. The van der Waals surface area contributed by atoms with Crippen molar-refractivity contribution in [3.63, 3.8) is 0 Å². The minimum absolute atomic E-state index is 0.0207. The molecule has 20 heavy (non-hydrogen) atoms. The predicted molar refractivity (Wildman–Crippen MR) is 80.5 cm³/mol. The van der Waals surface area contributed by atoms with Crippen molar-refractivity contribution in [3.05, 3.63) is 23.9 Å². The minimum atomic E-state index is 0.0207. The van der Waals surface area contributed by atoms with Gasteiger partial charge in [0.2, 0.25) is 5.88 Å². The quantitative estimate of drug-likeness (QED) is 0.914. The van der Waals surface area contributed by atoms with Gasteiger partial charge in [0.1, 0.15) is 6.10 Å². The Hall–Kier alpha value is -1.09. The van der Waals surface area contributed by atoms with Crippen molar-refractivity contribution in [2.24, 2.45) is 22.5 Å². The van der Waals surface area contributed by atoms with Gasteiger partial charge in [-0.15, -0.1) is 0 Å². The van der Waals surface area contributed by atoms with Crippen molar-refractivity contribution < 1.29 is 4.74 Å². The average molecular weight is 274 g/mol. The van der Waals surface area contributed by atoms with Gasteiger partial charge in [-0.2, -0.15) is 0 Å². The zero-order valence-electron chi connectivity index (χ0n) is 13.0. The van der Waals surface area contributed by atoms with E-state index in [1.54, 1.807) is 6.20 Å². The van der Waals surface area contributed by atoms with Gasteiger partial charge in [0.05, 0.1) is 0 Å². The molecule has 3 heteroatoms. The summed E-state index contributed by atoms with van der Waals surface area (Å²) >= 11 is 0. The first-order valence-corrected chi connectivity index (χ1v) is 7.73. The van der Waals surface area contributed by atoms with E-state index in [4.69, 9.17) is 10.5 Å². The highest BCUT2D eigenvalue weighted by atomic mass is 16.5. The second kappa shape index (κ2) is 4.45. The van der Waals surface area contributed by atoms with Crippen LogP contribution < -0.4 is 10.5 Å². The second-order valence-electron chi connectivity index (χ2n) is 7.43. The van der Waals surface area contributed by atoms with Gasteiger partial charge in [-0.05, 0) is 49.1 Å². The van der Waals surface area contributed by atoms with Crippen LogP contribution in [0.4, 0.5) is 0 Å². The molecule has 2 fully saturated rings. The fourth-order valence-corrected chi connectivity index (χ4v) is 4.23.